The van der Waals surface area contributed by atoms with Crippen LogP contribution < -0.4 is 5.73 Å². The van der Waals surface area contributed by atoms with Crippen molar-refractivity contribution in [1.29, 1.82) is 0 Å². The maximum absolute atomic E-state index is 12.7. The van der Waals surface area contributed by atoms with E-state index in [4.69, 9.17) is 18.0 Å². The maximum Gasteiger partial charge on any atom is 0.235 e. The van der Waals surface area contributed by atoms with E-state index in [0.717, 1.165) is 12.8 Å². The highest BCUT2D eigenvalue weighted by molar-refractivity contribution is 7.80. The number of thiocarbonyl (C=S) groups is 1. The smallest absolute Gasteiger partial charge is 0.235 e. The molecule has 4 nitrogen and oxygen atoms in total. The highest BCUT2D eigenvalue weighted by atomic mass is 32.1. The van der Waals surface area contributed by atoms with E-state index >= 15 is 0 Å². The van der Waals surface area contributed by atoms with Crippen molar-refractivity contribution in [2.45, 2.75) is 59.0 Å². The van der Waals surface area contributed by atoms with E-state index < -0.39 is 11.5 Å². The lowest BCUT2D eigenvalue weighted by molar-refractivity contribution is -0.138. The van der Waals surface area contributed by atoms with Crippen LogP contribution in [0.1, 0.15) is 52.9 Å². The molecule has 0 aromatic heterocycles. The first-order valence-corrected chi connectivity index (χ1v) is 7.46. The van der Waals surface area contributed by atoms with Gasteiger partial charge in [-0.25, -0.2) is 0 Å². The maximum atomic E-state index is 12.7. The van der Waals surface area contributed by atoms with Gasteiger partial charge in [-0.15, -0.1) is 0 Å². The van der Waals surface area contributed by atoms with Crippen LogP contribution in [-0.4, -0.2) is 40.6 Å². The van der Waals surface area contributed by atoms with Crippen LogP contribution in [0.5, 0.6) is 0 Å². The standard InChI is InChI=1S/C14H28N2O2S/c1-5-8-14(9-6-2,12(15)19)13(18)16(4)10-7-11(3)17/h11,17H,5-10H2,1-4H3,(H2,15,19). The van der Waals surface area contributed by atoms with Crippen molar-refractivity contribution in [3.63, 3.8) is 0 Å². The molecular weight excluding hydrogens is 260 g/mol. The van der Waals surface area contributed by atoms with Gasteiger partial charge in [-0.1, -0.05) is 38.9 Å². The molecule has 0 rings (SSSR count). The van der Waals surface area contributed by atoms with E-state index in [2.05, 4.69) is 0 Å². The van der Waals surface area contributed by atoms with Gasteiger partial charge in [0.05, 0.1) is 16.5 Å². The van der Waals surface area contributed by atoms with Gasteiger partial charge in [0.1, 0.15) is 0 Å². The third-order valence-electron chi connectivity index (χ3n) is 3.46. The second kappa shape index (κ2) is 8.48. The molecule has 5 heteroatoms. The largest absolute Gasteiger partial charge is 0.393 e. The fraction of sp³-hybridized carbons (Fsp3) is 0.857. The molecule has 112 valence electrons. The monoisotopic (exact) mass is 288 g/mol. The fourth-order valence-electron chi connectivity index (χ4n) is 2.39. The predicted molar refractivity (Wildman–Crippen MR) is 83.0 cm³/mol. The Bertz CT molecular complexity index is 300. The first kappa shape index (κ1) is 18.3. The van der Waals surface area contributed by atoms with Gasteiger partial charge in [-0.3, -0.25) is 4.79 Å². The summed E-state index contributed by atoms with van der Waals surface area (Å²) in [6.45, 7) is 6.31. The molecule has 0 aliphatic carbocycles. The molecule has 0 aliphatic rings. The van der Waals surface area contributed by atoms with Crippen LogP contribution in [-0.2, 0) is 4.79 Å². The van der Waals surface area contributed by atoms with Crippen molar-refractivity contribution in [2.75, 3.05) is 13.6 Å². The number of aliphatic hydroxyl groups excluding tert-OH is 1. The molecule has 19 heavy (non-hydrogen) atoms. The summed E-state index contributed by atoms with van der Waals surface area (Å²) in [5.74, 6) is -0.00986. The van der Waals surface area contributed by atoms with Gasteiger partial charge >= 0.3 is 0 Å². The Morgan fingerprint density at radius 2 is 1.84 bits per heavy atom. The molecule has 0 aromatic carbocycles. The number of carbonyl (C=O) groups is 1. The zero-order chi connectivity index (χ0) is 15.1. The quantitative estimate of drug-likeness (QED) is 0.638. The molecule has 1 atom stereocenters. The third-order valence-corrected chi connectivity index (χ3v) is 3.85. The third kappa shape index (κ3) is 5.07. The Kier molecular flexibility index (Phi) is 8.18. The lowest BCUT2D eigenvalue weighted by atomic mass is 9.77. The molecule has 0 saturated carbocycles. The minimum Gasteiger partial charge on any atom is -0.393 e. The highest BCUT2D eigenvalue weighted by Gasteiger charge is 2.41. The number of hydrogen-bond donors (Lipinski definition) is 2. The first-order valence-electron chi connectivity index (χ1n) is 7.05. The lowest BCUT2D eigenvalue weighted by Crippen LogP contribution is -2.50. The second-order valence-electron chi connectivity index (χ2n) is 5.31. The van der Waals surface area contributed by atoms with E-state index in [1.54, 1.807) is 18.9 Å². The molecule has 3 N–H and O–H groups in total. The molecule has 0 radical (unpaired) electrons. The fourth-order valence-corrected chi connectivity index (χ4v) is 2.68. The van der Waals surface area contributed by atoms with Gasteiger partial charge in [0, 0.05) is 13.6 Å². The summed E-state index contributed by atoms with van der Waals surface area (Å²) in [6, 6.07) is 0. The van der Waals surface area contributed by atoms with E-state index in [0.29, 0.717) is 30.8 Å². The van der Waals surface area contributed by atoms with Crippen LogP contribution in [0.2, 0.25) is 0 Å². The molecule has 0 aromatic rings. The van der Waals surface area contributed by atoms with Crippen LogP contribution in [0.3, 0.4) is 0 Å². The summed E-state index contributed by atoms with van der Waals surface area (Å²) in [5.41, 5.74) is 5.16. The SMILES string of the molecule is CCCC(CCC)(C(=O)N(C)CCC(C)O)C(N)=S. The molecule has 0 bridgehead atoms. The molecule has 1 amide bonds. The minimum atomic E-state index is -0.716. The van der Waals surface area contributed by atoms with Crippen LogP contribution in [0.4, 0.5) is 0 Å². The Morgan fingerprint density at radius 3 is 2.16 bits per heavy atom. The summed E-state index contributed by atoms with van der Waals surface area (Å²) in [6.07, 6.45) is 3.27. The van der Waals surface area contributed by atoms with Crippen LogP contribution in [0, 0.1) is 5.41 Å². The summed E-state index contributed by atoms with van der Waals surface area (Å²) < 4.78 is 0. The van der Waals surface area contributed by atoms with Gasteiger partial charge in [-0.2, -0.15) is 0 Å². The van der Waals surface area contributed by atoms with E-state index in [9.17, 15) is 9.90 Å². The number of carbonyl (C=O) groups excluding carboxylic acids is 1. The summed E-state index contributed by atoms with van der Waals surface area (Å²) in [7, 11) is 1.75. The Balaban J connectivity index is 5.02. The Morgan fingerprint density at radius 1 is 1.37 bits per heavy atom. The van der Waals surface area contributed by atoms with Crippen molar-refractivity contribution < 1.29 is 9.90 Å². The number of aliphatic hydroxyl groups is 1. The van der Waals surface area contributed by atoms with Gasteiger partial charge in [0.2, 0.25) is 5.91 Å². The van der Waals surface area contributed by atoms with Crippen LogP contribution in [0.25, 0.3) is 0 Å². The van der Waals surface area contributed by atoms with E-state index in [1.807, 2.05) is 13.8 Å². The van der Waals surface area contributed by atoms with Crippen molar-refractivity contribution >= 4 is 23.1 Å². The van der Waals surface area contributed by atoms with Crippen LogP contribution in [0.15, 0.2) is 0 Å². The molecular formula is C14H28N2O2S. The van der Waals surface area contributed by atoms with Gasteiger partial charge < -0.3 is 15.7 Å². The van der Waals surface area contributed by atoms with Gasteiger partial charge in [-0.05, 0) is 26.2 Å². The average Bonchev–Trinajstić information content (AvgIpc) is 2.34. The number of hydrogen-bond acceptors (Lipinski definition) is 3. The lowest BCUT2D eigenvalue weighted by Gasteiger charge is -2.35. The van der Waals surface area contributed by atoms with Crippen molar-refractivity contribution in [1.82, 2.24) is 4.90 Å². The predicted octanol–water partition coefficient (Wildman–Crippen LogP) is 2.09. The van der Waals surface area contributed by atoms with Crippen molar-refractivity contribution in [3.8, 4) is 0 Å². The zero-order valence-electron chi connectivity index (χ0n) is 12.6. The molecule has 0 aliphatic heterocycles. The summed E-state index contributed by atoms with van der Waals surface area (Å²) in [5, 5.41) is 9.31. The summed E-state index contributed by atoms with van der Waals surface area (Å²) in [4.78, 5) is 14.6. The normalized spacial score (nSPS) is 13.1. The number of nitrogens with two attached hydrogens (primary N) is 1. The molecule has 0 spiro atoms. The number of amides is 1. The molecule has 0 saturated heterocycles. The number of nitrogens with zero attached hydrogens (tertiary/aromatic N) is 1. The van der Waals surface area contributed by atoms with Crippen molar-refractivity contribution in [2.24, 2.45) is 11.1 Å². The van der Waals surface area contributed by atoms with Gasteiger partial charge in [0.15, 0.2) is 0 Å². The minimum absolute atomic E-state index is 0.00986. The average molecular weight is 288 g/mol. The Labute approximate surface area is 122 Å². The summed E-state index contributed by atoms with van der Waals surface area (Å²) >= 11 is 5.17. The van der Waals surface area contributed by atoms with Gasteiger partial charge in [0.25, 0.3) is 0 Å². The Hall–Kier alpha value is -0.680. The highest BCUT2D eigenvalue weighted by Crippen LogP contribution is 2.32. The van der Waals surface area contributed by atoms with E-state index in [1.165, 1.54) is 0 Å². The molecule has 0 heterocycles. The van der Waals surface area contributed by atoms with E-state index in [-0.39, 0.29) is 5.91 Å². The first-order chi connectivity index (χ1) is 8.81. The zero-order valence-corrected chi connectivity index (χ0v) is 13.4. The number of rotatable bonds is 9. The van der Waals surface area contributed by atoms with Crippen LogP contribution >= 0.6 is 12.2 Å². The topological polar surface area (TPSA) is 66.6 Å². The second-order valence-corrected chi connectivity index (χ2v) is 5.75. The molecule has 0 fully saturated rings. The molecule has 1 unspecified atom stereocenters. The van der Waals surface area contributed by atoms with Crippen molar-refractivity contribution in [3.05, 3.63) is 0 Å².